The number of benzene rings is 1. The number of fused-ring (bicyclic) bond motifs is 1. The smallest absolute Gasteiger partial charge is 0.275 e. The summed E-state index contributed by atoms with van der Waals surface area (Å²) in [6.45, 7) is 0.680. The zero-order chi connectivity index (χ0) is 11.7. The Bertz CT molecular complexity index is 697. The minimum atomic E-state index is -0.101. The van der Waals surface area contributed by atoms with Crippen molar-refractivity contribution >= 4 is 11.0 Å². The average molecular weight is 225 g/mol. The standard InChI is InChI=1S/C13H11N3O/c17-13-12-11(14-9-15-13)6-7-16(12)8-10-4-2-1-3-5-10/h1-7,9H,8H2,(H,14,15,17). The summed E-state index contributed by atoms with van der Waals surface area (Å²) in [5.74, 6) is 0. The van der Waals surface area contributed by atoms with Crippen LogP contribution in [-0.4, -0.2) is 14.5 Å². The molecular formula is C13H11N3O. The van der Waals surface area contributed by atoms with Crippen molar-refractivity contribution < 1.29 is 0 Å². The third kappa shape index (κ3) is 1.73. The van der Waals surface area contributed by atoms with E-state index >= 15 is 0 Å². The van der Waals surface area contributed by atoms with Crippen molar-refractivity contribution in [2.75, 3.05) is 0 Å². The van der Waals surface area contributed by atoms with Crippen LogP contribution < -0.4 is 5.56 Å². The number of nitrogens with zero attached hydrogens (tertiary/aromatic N) is 2. The molecule has 3 aromatic rings. The van der Waals surface area contributed by atoms with Gasteiger partial charge in [-0.15, -0.1) is 0 Å². The number of aromatic amines is 1. The topological polar surface area (TPSA) is 50.7 Å². The molecule has 0 saturated heterocycles. The van der Waals surface area contributed by atoms with Crippen molar-refractivity contribution in [1.29, 1.82) is 0 Å². The molecule has 4 heteroatoms. The Labute approximate surface area is 97.6 Å². The number of aromatic nitrogens is 3. The predicted molar refractivity (Wildman–Crippen MR) is 65.9 cm³/mol. The highest BCUT2D eigenvalue weighted by atomic mass is 16.1. The van der Waals surface area contributed by atoms with Gasteiger partial charge in [-0.1, -0.05) is 30.3 Å². The molecule has 0 aliphatic heterocycles. The van der Waals surface area contributed by atoms with Crippen LogP contribution in [0.1, 0.15) is 5.56 Å². The zero-order valence-corrected chi connectivity index (χ0v) is 9.13. The molecule has 0 unspecified atom stereocenters. The molecule has 0 saturated carbocycles. The van der Waals surface area contributed by atoms with Crippen LogP contribution in [0.3, 0.4) is 0 Å². The molecule has 0 aliphatic carbocycles. The van der Waals surface area contributed by atoms with Crippen LogP contribution in [0.4, 0.5) is 0 Å². The lowest BCUT2D eigenvalue weighted by Crippen LogP contribution is -2.11. The fraction of sp³-hybridized carbons (Fsp3) is 0.0769. The normalized spacial score (nSPS) is 10.8. The molecule has 1 aromatic carbocycles. The summed E-state index contributed by atoms with van der Waals surface area (Å²) in [6, 6.07) is 11.9. The predicted octanol–water partition coefficient (Wildman–Crippen LogP) is 1.77. The molecule has 0 fully saturated rings. The average Bonchev–Trinajstić information content (AvgIpc) is 2.75. The van der Waals surface area contributed by atoms with E-state index in [4.69, 9.17) is 0 Å². The zero-order valence-electron chi connectivity index (χ0n) is 9.13. The van der Waals surface area contributed by atoms with Gasteiger partial charge in [0.1, 0.15) is 5.52 Å². The number of rotatable bonds is 2. The fourth-order valence-corrected chi connectivity index (χ4v) is 1.95. The van der Waals surface area contributed by atoms with Gasteiger partial charge in [-0.3, -0.25) is 4.79 Å². The van der Waals surface area contributed by atoms with Gasteiger partial charge in [0, 0.05) is 12.7 Å². The van der Waals surface area contributed by atoms with E-state index in [1.807, 2.05) is 47.2 Å². The van der Waals surface area contributed by atoms with E-state index in [1.54, 1.807) is 0 Å². The second-order valence-corrected chi connectivity index (χ2v) is 3.89. The molecular weight excluding hydrogens is 214 g/mol. The quantitative estimate of drug-likeness (QED) is 0.722. The molecule has 0 radical (unpaired) electrons. The summed E-state index contributed by atoms with van der Waals surface area (Å²) in [7, 11) is 0. The van der Waals surface area contributed by atoms with Gasteiger partial charge in [-0.05, 0) is 11.6 Å². The van der Waals surface area contributed by atoms with Gasteiger partial charge in [-0.25, -0.2) is 4.98 Å². The molecule has 17 heavy (non-hydrogen) atoms. The van der Waals surface area contributed by atoms with E-state index in [9.17, 15) is 4.79 Å². The van der Waals surface area contributed by atoms with E-state index in [1.165, 1.54) is 6.33 Å². The summed E-state index contributed by atoms with van der Waals surface area (Å²) >= 11 is 0. The molecule has 0 atom stereocenters. The summed E-state index contributed by atoms with van der Waals surface area (Å²) in [6.07, 6.45) is 3.32. The minimum absolute atomic E-state index is 0.101. The summed E-state index contributed by atoms with van der Waals surface area (Å²) in [5, 5.41) is 0. The summed E-state index contributed by atoms with van der Waals surface area (Å²) in [4.78, 5) is 18.5. The van der Waals surface area contributed by atoms with Crippen LogP contribution >= 0.6 is 0 Å². The first-order chi connectivity index (χ1) is 8.34. The molecule has 2 aromatic heterocycles. The Morgan fingerprint density at radius 3 is 2.82 bits per heavy atom. The van der Waals surface area contributed by atoms with Crippen LogP contribution in [0.2, 0.25) is 0 Å². The highest BCUT2D eigenvalue weighted by Crippen LogP contribution is 2.10. The Balaban J connectivity index is 2.10. The lowest BCUT2D eigenvalue weighted by atomic mass is 10.2. The summed E-state index contributed by atoms with van der Waals surface area (Å²) in [5.41, 5.74) is 2.41. The first kappa shape index (κ1) is 9.84. The van der Waals surface area contributed by atoms with Gasteiger partial charge in [0.2, 0.25) is 0 Å². The number of nitrogens with one attached hydrogen (secondary N) is 1. The monoisotopic (exact) mass is 225 g/mol. The van der Waals surface area contributed by atoms with E-state index in [2.05, 4.69) is 9.97 Å². The van der Waals surface area contributed by atoms with Crippen LogP contribution in [0, 0.1) is 0 Å². The van der Waals surface area contributed by atoms with Crippen LogP contribution in [0.5, 0.6) is 0 Å². The van der Waals surface area contributed by atoms with Crippen molar-refractivity contribution in [1.82, 2.24) is 14.5 Å². The fourth-order valence-electron chi connectivity index (χ4n) is 1.95. The maximum atomic E-state index is 11.7. The third-order valence-electron chi connectivity index (χ3n) is 2.75. The first-order valence-corrected chi connectivity index (χ1v) is 5.41. The summed E-state index contributed by atoms with van der Waals surface area (Å²) < 4.78 is 1.91. The number of hydrogen-bond acceptors (Lipinski definition) is 2. The lowest BCUT2D eigenvalue weighted by Gasteiger charge is -2.04. The lowest BCUT2D eigenvalue weighted by molar-refractivity contribution is 0.830. The van der Waals surface area contributed by atoms with E-state index in [-0.39, 0.29) is 5.56 Å². The van der Waals surface area contributed by atoms with Crippen LogP contribution in [0.25, 0.3) is 11.0 Å². The van der Waals surface area contributed by atoms with Crippen LogP contribution in [0.15, 0.2) is 53.7 Å². The molecule has 0 aliphatic rings. The molecule has 84 valence electrons. The first-order valence-electron chi connectivity index (χ1n) is 5.41. The van der Waals surface area contributed by atoms with Crippen molar-refractivity contribution in [3.05, 3.63) is 64.8 Å². The van der Waals surface area contributed by atoms with Crippen LogP contribution in [-0.2, 0) is 6.54 Å². The molecule has 4 nitrogen and oxygen atoms in total. The highest BCUT2D eigenvalue weighted by molar-refractivity contribution is 5.74. The SMILES string of the molecule is O=c1[nH]cnc2ccn(Cc3ccccc3)c12. The van der Waals surface area contributed by atoms with Gasteiger partial charge in [0.25, 0.3) is 5.56 Å². The molecule has 2 heterocycles. The Morgan fingerprint density at radius 1 is 1.18 bits per heavy atom. The molecule has 3 rings (SSSR count). The van der Waals surface area contributed by atoms with E-state index < -0.39 is 0 Å². The van der Waals surface area contributed by atoms with Crippen molar-refractivity contribution in [3.8, 4) is 0 Å². The maximum absolute atomic E-state index is 11.7. The highest BCUT2D eigenvalue weighted by Gasteiger charge is 2.05. The van der Waals surface area contributed by atoms with Crippen molar-refractivity contribution in [2.24, 2.45) is 0 Å². The van der Waals surface area contributed by atoms with Gasteiger partial charge in [-0.2, -0.15) is 0 Å². The Morgan fingerprint density at radius 2 is 2.00 bits per heavy atom. The molecule has 0 amide bonds. The van der Waals surface area contributed by atoms with Gasteiger partial charge in [0.05, 0.1) is 11.8 Å². The largest absolute Gasteiger partial charge is 0.337 e. The van der Waals surface area contributed by atoms with Gasteiger partial charge >= 0.3 is 0 Å². The molecule has 0 spiro atoms. The third-order valence-corrected chi connectivity index (χ3v) is 2.75. The maximum Gasteiger partial charge on any atom is 0.275 e. The van der Waals surface area contributed by atoms with Gasteiger partial charge in [0.15, 0.2) is 0 Å². The van der Waals surface area contributed by atoms with Crippen molar-refractivity contribution in [2.45, 2.75) is 6.54 Å². The molecule has 0 bridgehead atoms. The Kier molecular flexibility index (Phi) is 2.26. The van der Waals surface area contributed by atoms with E-state index in [0.717, 1.165) is 11.1 Å². The van der Waals surface area contributed by atoms with E-state index in [0.29, 0.717) is 12.1 Å². The molecule has 1 N–H and O–H groups in total. The number of H-pyrrole nitrogens is 1. The number of hydrogen-bond donors (Lipinski definition) is 1. The second-order valence-electron chi connectivity index (χ2n) is 3.89. The minimum Gasteiger partial charge on any atom is -0.337 e. The van der Waals surface area contributed by atoms with Gasteiger partial charge < -0.3 is 9.55 Å². The van der Waals surface area contributed by atoms with Crippen molar-refractivity contribution in [3.63, 3.8) is 0 Å². The Hall–Kier alpha value is -2.36. The second kappa shape index (κ2) is 3.90.